The molecule has 0 bridgehead atoms. The molecule has 0 saturated carbocycles. The Morgan fingerprint density at radius 2 is 1.73 bits per heavy atom. The van der Waals surface area contributed by atoms with Crippen LogP contribution in [-0.4, -0.2) is 53.8 Å². The van der Waals surface area contributed by atoms with Crippen LogP contribution in [0.2, 0.25) is 0 Å². The van der Waals surface area contributed by atoms with Crippen LogP contribution < -0.4 is 5.32 Å². The molecule has 0 unspecified atom stereocenters. The average molecular weight is 588 g/mol. The summed E-state index contributed by atoms with van der Waals surface area (Å²) in [5, 5.41) is 6.65. The maximum Gasteiger partial charge on any atom is 0.243 e. The largest absolute Gasteiger partial charge is 0.324 e. The van der Waals surface area contributed by atoms with Gasteiger partial charge in [0.25, 0.3) is 0 Å². The molecule has 0 atom stereocenters. The third kappa shape index (κ3) is 6.01. The van der Waals surface area contributed by atoms with Crippen LogP contribution in [0.3, 0.4) is 0 Å². The normalized spacial score (nSPS) is 15.0. The minimum atomic E-state index is -3.60. The molecule has 3 heterocycles. The number of aromatic nitrogens is 2. The number of nitrogens with one attached hydrogen (secondary N) is 1. The number of thiophene rings is 1. The van der Waals surface area contributed by atoms with Crippen molar-refractivity contribution >= 4 is 43.1 Å². The van der Waals surface area contributed by atoms with Crippen LogP contribution in [0, 0.1) is 5.82 Å². The van der Waals surface area contributed by atoms with E-state index < -0.39 is 10.0 Å². The van der Waals surface area contributed by atoms with Crippen LogP contribution in [0.15, 0.2) is 95.3 Å². The topological polar surface area (TPSA) is 78.4 Å². The van der Waals surface area contributed by atoms with Crippen LogP contribution in [0.5, 0.6) is 0 Å². The lowest BCUT2D eigenvalue weighted by Crippen LogP contribution is -2.45. The van der Waals surface area contributed by atoms with E-state index in [-0.39, 0.29) is 10.7 Å². The molecule has 0 radical (unpaired) electrons. The van der Waals surface area contributed by atoms with Crippen molar-refractivity contribution in [2.45, 2.75) is 30.3 Å². The number of nitrogens with zero attached hydrogens (tertiary/aromatic N) is 4. The smallest absolute Gasteiger partial charge is 0.243 e. The van der Waals surface area contributed by atoms with Gasteiger partial charge in [0, 0.05) is 47.8 Å². The summed E-state index contributed by atoms with van der Waals surface area (Å²) in [7, 11) is -1.47. The van der Waals surface area contributed by atoms with Crippen molar-refractivity contribution in [2.24, 2.45) is 0 Å². The second kappa shape index (κ2) is 11.7. The quantitative estimate of drug-likeness (QED) is 0.223. The van der Waals surface area contributed by atoms with Gasteiger partial charge in [-0.3, -0.25) is 4.90 Å². The standard InChI is InChI=1S/C31H30FN5O2S2/c1-36(20-23-21-40-30-5-3-2-4-28(23)30)26-15-18-37(19-16-26)41(38,39)27-12-10-25(11-13-27)34-31-33-17-14-29(35-31)22-6-8-24(32)9-7-22/h2-14,17,21,26H,15-16,18-20H2,1H3,(H,33,34,35). The molecule has 210 valence electrons. The number of piperidine rings is 1. The van der Waals surface area contributed by atoms with Gasteiger partial charge in [-0.1, -0.05) is 18.2 Å². The fraction of sp³-hybridized carbons (Fsp3) is 0.226. The number of benzene rings is 3. The molecule has 6 rings (SSSR count). The maximum atomic E-state index is 13.4. The monoisotopic (exact) mass is 587 g/mol. The first kappa shape index (κ1) is 27.5. The number of anilines is 2. The Morgan fingerprint density at radius 1 is 1.00 bits per heavy atom. The van der Waals surface area contributed by atoms with Gasteiger partial charge in [-0.15, -0.1) is 11.3 Å². The van der Waals surface area contributed by atoms with Gasteiger partial charge in [-0.25, -0.2) is 22.8 Å². The zero-order valence-electron chi connectivity index (χ0n) is 22.6. The van der Waals surface area contributed by atoms with Crippen molar-refractivity contribution < 1.29 is 12.8 Å². The Bertz CT molecular complexity index is 1750. The SMILES string of the molecule is CN(Cc1csc2ccccc12)C1CCN(S(=O)(=O)c2ccc(Nc3nccc(-c4ccc(F)cc4)n3)cc2)CC1. The molecule has 0 aliphatic carbocycles. The van der Waals surface area contributed by atoms with E-state index in [1.807, 2.05) is 0 Å². The van der Waals surface area contributed by atoms with Crippen molar-refractivity contribution in [2.75, 3.05) is 25.5 Å². The molecule has 0 spiro atoms. The van der Waals surface area contributed by atoms with Crippen LogP contribution in [0.1, 0.15) is 18.4 Å². The Hall–Kier alpha value is -3.70. The summed E-state index contributed by atoms with van der Waals surface area (Å²) >= 11 is 1.77. The zero-order valence-corrected chi connectivity index (χ0v) is 24.2. The lowest BCUT2D eigenvalue weighted by Gasteiger charge is -2.36. The van der Waals surface area contributed by atoms with Gasteiger partial charge in [0.15, 0.2) is 0 Å². The molecule has 5 aromatic rings. The van der Waals surface area contributed by atoms with E-state index in [9.17, 15) is 12.8 Å². The number of sulfonamides is 1. The molecule has 1 aliphatic heterocycles. The van der Waals surface area contributed by atoms with Crippen LogP contribution in [0.25, 0.3) is 21.3 Å². The number of fused-ring (bicyclic) bond motifs is 1. The highest BCUT2D eigenvalue weighted by Crippen LogP contribution is 2.29. The Labute approximate surface area is 243 Å². The Balaban J connectivity index is 1.07. The summed E-state index contributed by atoms with van der Waals surface area (Å²) in [6.07, 6.45) is 3.20. The van der Waals surface area contributed by atoms with E-state index in [2.05, 4.69) is 56.9 Å². The summed E-state index contributed by atoms with van der Waals surface area (Å²) < 4.78 is 43.0. The predicted molar refractivity (Wildman–Crippen MR) is 162 cm³/mol. The number of rotatable bonds is 8. The molecule has 1 N–H and O–H groups in total. The molecular weight excluding hydrogens is 558 g/mol. The lowest BCUT2D eigenvalue weighted by molar-refractivity contribution is 0.163. The first-order valence-corrected chi connectivity index (χ1v) is 15.8. The van der Waals surface area contributed by atoms with Crippen molar-refractivity contribution in [3.8, 4) is 11.3 Å². The molecule has 1 aliphatic rings. The molecule has 7 nitrogen and oxygen atoms in total. The highest BCUT2D eigenvalue weighted by molar-refractivity contribution is 7.89. The summed E-state index contributed by atoms with van der Waals surface area (Å²) in [5.74, 6) is 0.0555. The lowest BCUT2D eigenvalue weighted by atomic mass is 10.0. The zero-order chi connectivity index (χ0) is 28.4. The third-order valence-corrected chi connectivity index (χ3v) is 10.5. The summed E-state index contributed by atoms with van der Waals surface area (Å²) in [5.41, 5.74) is 3.42. The van der Waals surface area contributed by atoms with E-state index in [1.165, 1.54) is 27.8 Å². The molecule has 10 heteroatoms. The highest BCUT2D eigenvalue weighted by atomic mass is 32.2. The average Bonchev–Trinajstić information content (AvgIpc) is 3.40. The summed E-state index contributed by atoms with van der Waals surface area (Å²) in [6.45, 7) is 1.84. The van der Waals surface area contributed by atoms with Gasteiger partial charge in [0.2, 0.25) is 16.0 Å². The first-order chi connectivity index (χ1) is 19.9. The summed E-state index contributed by atoms with van der Waals surface area (Å²) in [6, 6.07) is 23.3. The van der Waals surface area contributed by atoms with Gasteiger partial charge >= 0.3 is 0 Å². The molecule has 1 saturated heterocycles. The van der Waals surface area contributed by atoms with Crippen molar-refractivity contribution in [1.82, 2.24) is 19.2 Å². The second-order valence-electron chi connectivity index (χ2n) is 10.2. The van der Waals surface area contributed by atoms with Crippen LogP contribution in [-0.2, 0) is 16.6 Å². The van der Waals surface area contributed by atoms with Crippen LogP contribution >= 0.6 is 11.3 Å². The summed E-state index contributed by atoms with van der Waals surface area (Å²) in [4.78, 5) is 11.4. The fourth-order valence-electron chi connectivity index (χ4n) is 5.27. The van der Waals surface area contributed by atoms with E-state index in [4.69, 9.17) is 0 Å². The molecule has 1 fully saturated rings. The minimum Gasteiger partial charge on any atom is -0.324 e. The number of halogens is 1. The highest BCUT2D eigenvalue weighted by Gasteiger charge is 2.31. The first-order valence-electron chi connectivity index (χ1n) is 13.5. The van der Waals surface area contributed by atoms with E-state index in [0.29, 0.717) is 36.5 Å². The molecule has 0 amide bonds. The molecular formula is C31H30FN5O2S2. The molecule has 3 aromatic carbocycles. The Kier molecular flexibility index (Phi) is 7.81. The second-order valence-corrected chi connectivity index (χ2v) is 13.1. The van der Waals surface area contributed by atoms with Crippen molar-refractivity contribution in [3.05, 3.63) is 102 Å². The van der Waals surface area contributed by atoms with Gasteiger partial charge in [0.1, 0.15) is 5.82 Å². The van der Waals surface area contributed by atoms with E-state index in [1.54, 1.807) is 64.3 Å². The minimum absolute atomic E-state index is 0.264. The third-order valence-electron chi connectivity index (χ3n) is 7.57. The fourth-order valence-corrected chi connectivity index (χ4v) is 7.69. The van der Waals surface area contributed by atoms with Gasteiger partial charge < -0.3 is 5.32 Å². The molecule has 2 aromatic heterocycles. The van der Waals surface area contributed by atoms with E-state index >= 15 is 0 Å². The van der Waals surface area contributed by atoms with Crippen LogP contribution in [0.4, 0.5) is 16.0 Å². The van der Waals surface area contributed by atoms with Gasteiger partial charge in [0.05, 0.1) is 10.6 Å². The number of hydrogen-bond acceptors (Lipinski definition) is 7. The number of hydrogen-bond donors (Lipinski definition) is 1. The van der Waals surface area contributed by atoms with E-state index in [0.717, 1.165) is 24.9 Å². The van der Waals surface area contributed by atoms with Gasteiger partial charge in [-0.05, 0) is 96.9 Å². The maximum absolute atomic E-state index is 13.4. The van der Waals surface area contributed by atoms with Crippen molar-refractivity contribution in [3.63, 3.8) is 0 Å². The predicted octanol–water partition coefficient (Wildman–Crippen LogP) is 6.53. The molecule has 41 heavy (non-hydrogen) atoms. The van der Waals surface area contributed by atoms with Gasteiger partial charge in [-0.2, -0.15) is 4.31 Å². The Morgan fingerprint density at radius 3 is 2.49 bits per heavy atom. The van der Waals surface area contributed by atoms with Crippen molar-refractivity contribution in [1.29, 1.82) is 0 Å².